The first kappa shape index (κ1) is 13.2. The minimum Gasteiger partial charge on any atom is -0.375 e. The fraction of sp³-hybridized carbons (Fsp3) is 0.800. The van der Waals surface area contributed by atoms with E-state index in [0.717, 1.165) is 5.57 Å². The van der Waals surface area contributed by atoms with Crippen LogP contribution in [0.3, 0.4) is 0 Å². The summed E-state index contributed by atoms with van der Waals surface area (Å²) in [5.41, 5.74) is 1.27. The Hall–Kier alpha value is 0.207. The van der Waals surface area contributed by atoms with E-state index in [9.17, 15) is 0 Å². The third kappa shape index (κ3) is 5.50. The van der Waals surface area contributed by atoms with E-state index < -0.39 is 7.38 Å². The van der Waals surface area contributed by atoms with E-state index in [4.69, 9.17) is 15.8 Å². The Bertz CT molecular complexity index is 172. The molecule has 0 aliphatic heterocycles. The second-order valence-electron chi connectivity index (χ2n) is 4.50. The van der Waals surface area contributed by atoms with E-state index in [1.807, 2.05) is 6.92 Å². The summed E-state index contributed by atoms with van der Waals surface area (Å²) in [6, 6.07) is 0. The molecule has 1 nitrogen and oxygen atoms in total. The van der Waals surface area contributed by atoms with Gasteiger partial charge in [0.05, 0.1) is 12.3 Å². The van der Waals surface area contributed by atoms with Gasteiger partial charge < -0.3 is 4.74 Å². The lowest BCUT2D eigenvalue weighted by molar-refractivity contribution is 0.0892. The molecule has 0 heterocycles. The van der Waals surface area contributed by atoms with Crippen molar-refractivity contribution in [1.82, 2.24) is 0 Å². The van der Waals surface area contributed by atoms with Gasteiger partial charge in [0, 0.05) is 0 Å². The van der Waals surface area contributed by atoms with Crippen LogP contribution in [0.2, 0.25) is 13.1 Å². The van der Waals surface area contributed by atoms with E-state index in [-0.39, 0.29) is 5.73 Å². The molecule has 0 amide bonds. The Morgan fingerprint density at radius 2 is 1.92 bits per heavy atom. The van der Waals surface area contributed by atoms with Gasteiger partial charge in [0.2, 0.25) is 0 Å². The maximum atomic E-state index is 6.36. The minimum absolute atomic E-state index is 0.214. The molecule has 0 aromatic heterocycles. The van der Waals surface area contributed by atoms with Gasteiger partial charge in [-0.1, -0.05) is 39.1 Å². The molecule has 0 radical (unpaired) electrons. The summed E-state index contributed by atoms with van der Waals surface area (Å²) < 4.78 is 5.76. The van der Waals surface area contributed by atoms with Gasteiger partial charge in [-0.2, -0.15) is 11.1 Å². The van der Waals surface area contributed by atoms with Crippen LogP contribution in [0.5, 0.6) is 0 Å². The fourth-order valence-corrected chi connectivity index (χ4v) is 4.43. The molecule has 1 atom stereocenters. The van der Waals surface area contributed by atoms with Crippen molar-refractivity contribution in [1.29, 1.82) is 0 Å². The topological polar surface area (TPSA) is 9.23 Å². The van der Waals surface area contributed by atoms with Crippen LogP contribution in [0, 0.1) is 5.92 Å². The van der Waals surface area contributed by atoms with Crippen LogP contribution >= 0.6 is 11.1 Å². The number of rotatable bonds is 5. The second kappa shape index (κ2) is 5.18. The van der Waals surface area contributed by atoms with E-state index in [0.29, 0.717) is 12.5 Å². The molecule has 3 heteroatoms. The molecule has 0 saturated carbocycles. The average molecular weight is 221 g/mol. The van der Waals surface area contributed by atoms with Gasteiger partial charge in [-0.3, -0.25) is 0 Å². The SMILES string of the molecule is C=C(C)COC(C(C)C)[Si](C)(C)Cl. The van der Waals surface area contributed by atoms with Gasteiger partial charge in [-0.05, 0) is 12.8 Å². The van der Waals surface area contributed by atoms with Crippen molar-refractivity contribution in [2.75, 3.05) is 6.61 Å². The summed E-state index contributed by atoms with van der Waals surface area (Å²) in [6.07, 6.45) is 0. The lowest BCUT2D eigenvalue weighted by Gasteiger charge is -2.30. The van der Waals surface area contributed by atoms with Crippen molar-refractivity contribution in [2.45, 2.75) is 39.6 Å². The molecule has 0 bridgehead atoms. The van der Waals surface area contributed by atoms with Crippen LogP contribution in [-0.2, 0) is 4.74 Å². The highest BCUT2D eigenvalue weighted by Gasteiger charge is 2.33. The van der Waals surface area contributed by atoms with Crippen LogP contribution < -0.4 is 0 Å². The molecular weight excluding hydrogens is 200 g/mol. The van der Waals surface area contributed by atoms with E-state index in [1.165, 1.54) is 0 Å². The number of hydrogen-bond acceptors (Lipinski definition) is 1. The predicted octanol–water partition coefficient (Wildman–Crippen LogP) is 3.59. The molecule has 0 fully saturated rings. The summed E-state index contributed by atoms with van der Waals surface area (Å²) in [4.78, 5) is 0. The summed E-state index contributed by atoms with van der Waals surface area (Å²) in [6.45, 7) is 15.0. The molecule has 0 aromatic carbocycles. The van der Waals surface area contributed by atoms with Crippen LogP contribution in [-0.4, -0.2) is 19.7 Å². The van der Waals surface area contributed by atoms with Gasteiger partial charge in [0.1, 0.15) is 0 Å². The molecule has 78 valence electrons. The zero-order valence-electron chi connectivity index (χ0n) is 9.36. The van der Waals surface area contributed by atoms with E-state index >= 15 is 0 Å². The molecular formula is C10H21ClOSi. The predicted molar refractivity (Wildman–Crippen MR) is 62.7 cm³/mol. The third-order valence-electron chi connectivity index (χ3n) is 1.79. The number of hydrogen-bond donors (Lipinski definition) is 0. The van der Waals surface area contributed by atoms with E-state index in [1.54, 1.807) is 0 Å². The van der Waals surface area contributed by atoms with Crippen molar-refractivity contribution in [3.05, 3.63) is 12.2 Å². The normalized spacial score (nSPS) is 14.7. The summed E-state index contributed by atoms with van der Waals surface area (Å²) in [5, 5.41) is 0. The summed E-state index contributed by atoms with van der Waals surface area (Å²) in [5.74, 6) is 0.485. The molecule has 0 aliphatic carbocycles. The van der Waals surface area contributed by atoms with Gasteiger partial charge in [0.25, 0.3) is 0 Å². The minimum atomic E-state index is -1.71. The monoisotopic (exact) mass is 220 g/mol. The van der Waals surface area contributed by atoms with Crippen molar-refractivity contribution in [3.63, 3.8) is 0 Å². The maximum absolute atomic E-state index is 6.36. The molecule has 1 unspecified atom stereocenters. The summed E-state index contributed by atoms with van der Waals surface area (Å²) >= 11 is 6.36. The molecule has 0 aromatic rings. The third-order valence-corrected chi connectivity index (χ3v) is 4.62. The molecule has 13 heavy (non-hydrogen) atoms. The van der Waals surface area contributed by atoms with Crippen LogP contribution in [0.1, 0.15) is 20.8 Å². The first-order chi connectivity index (χ1) is 5.75. The fourth-order valence-electron chi connectivity index (χ4n) is 1.42. The smallest absolute Gasteiger partial charge is 0.180 e. The number of ether oxygens (including phenoxy) is 1. The average Bonchev–Trinajstić information content (AvgIpc) is 1.81. The van der Waals surface area contributed by atoms with Crippen LogP contribution in [0.4, 0.5) is 0 Å². The maximum Gasteiger partial charge on any atom is 0.180 e. The van der Waals surface area contributed by atoms with E-state index in [2.05, 4.69) is 33.5 Å². The first-order valence-corrected chi connectivity index (χ1v) is 8.79. The zero-order valence-corrected chi connectivity index (χ0v) is 11.1. The Morgan fingerprint density at radius 1 is 1.46 bits per heavy atom. The standard InChI is InChI=1S/C10H21ClOSi/c1-8(2)7-12-10(9(3)4)13(5,6)11/h9-10H,1,7H2,2-6H3. The van der Waals surface area contributed by atoms with Crippen LogP contribution in [0.25, 0.3) is 0 Å². The molecule has 0 saturated heterocycles. The molecule has 0 N–H and O–H groups in total. The largest absolute Gasteiger partial charge is 0.375 e. The summed E-state index contributed by atoms with van der Waals surface area (Å²) in [7, 11) is -1.71. The number of halogens is 1. The highest BCUT2D eigenvalue weighted by atomic mass is 35.6. The molecule has 0 rings (SSSR count). The van der Waals surface area contributed by atoms with Crippen molar-refractivity contribution in [3.8, 4) is 0 Å². The highest BCUT2D eigenvalue weighted by Crippen LogP contribution is 2.23. The second-order valence-corrected chi connectivity index (χ2v) is 11.1. The van der Waals surface area contributed by atoms with Crippen LogP contribution in [0.15, 0.2) is 12.2 Å². The quantitative estimate of drug-likeness (QED) is 0.391. The Labute approximate surface area is 87.8 Å². The van der Waals surface area contributed by atoms with Gasteiger partial charge >= 0.3 is 0 Å². The Balaban J connectivity index is 4.20. The molecule has 0 spiro atoms. The highest BCUT2D eigenvalue weighted by molar-refractivity contribution is 7.19. The van der Waals surface area contributed by atoms with Gasteiger partial charge in [-0.25, -0.2) is 0 Å². The van der Waals surface area contributed by atoms with Crippen molar-refractivity contribution >= 4 is 18.5 Å². The van der Waals surface area contributed by atoms with Gasteiger partial charge in [-0.15, -0.1) is 0 Å². The van der Waals surface area contributed by atoms with Crippen molar-refractivity contribution < 1.29 is 4.74 Å². The first-order valence-electron chi connectivity index (χ1n) is 4.70. The van der Waals surface area contributed by atoms with Gasteiger partial charge in [0.15, 0.2) is 7.38 Å². The van der Waals surface area contributed by atoms with Crippen molar-refractivity contribution in [2.24, 2.45) is 5.92 Å². The Morgan fingerprint density at radius 3 is 2.15 bits per heavy atom. The lowest BCUT2D eigenvalue weighted by Crippen LogP contribution is -2.42. The lowest BCUT2D eigenvalue weighted by atomic mass is 10.2. The Kier molecular flexibility index (Phi) is 5.26. The molecule has 0 aliphatic rings. The zero-order chi connectivity index (χ0) is 10.6.